The van der Waals surface area contributed by atoms with Crippen molar-refractivity contribution in [2.24, 2.45) is 0 Å². The summed E-state index contributed by atoms with van der Waals surface area (Å²) in [5.41, 5.74) is 2.18. The van der Waals surface area contributed by atoms with Gasteiger partial charge >= 0.3 is 0 Å². The molecule has 1 atom stereocenters. The smallest absolute Gasteiger partial charge is 0.265 e. The van der Waals surface area contributed by atoms with Gasteiger partial charge in [0.15, 0.2) is 6.10 Å². The molecule has 1 heterocycles. The van der Waals surface area contributed by atoms with Crippen LogP contribution in [0.2, 0.25) is 0 Å². The number of nitrogens with zero attached hydrogens (tertiary/aromatic N) is 1. The van der Waals surface area contributed by atoms with E-state index in [0.717, 1.165) is 37.9 Å². The lowest BCUT2D eigenvalue weighted by Crippen LogP contribution is -2.36. The maximum Gasteiger partial charge on any atom is 0.265 e. The second-order valence-corrected chi connectivity index (χ2v) is 6.96. The van der Waals surface area contributed by atoms with Gasteiger partial charge in [-0.1, -0.05) is 29.8 Å². The van der Waals surface area contributed by atoms with Crippen molar-refractivity contribution in [1.29, 1.82) is 0 Å². The molecule has 2 aromatic carbocycles. The second kappa shape index (κ2) is 8.71. The number of benzene rings is 2. The standard InChI is InChI=1S/C22H26N2O3/c1-16-10-12-18(13-11-16)27-17(2)21(25)23-20-9-5-4-8-19(20)22(26)24-14-6-3-7-15-24/h4-5,8-13,17H,3,6-7,14-15H2,1-2H3,(H,23,25)/t17-/m0/s1. The van der Waals surface area contributed by atoms with Gasteiger partial charge in [0.1, 0.15) is 5.75 Å². The van der Waals surface area contributed by atoms with E-state index in [1.807, 2.05) is 48.2 Å². The Labute approximate surface area is 160 Å². The predicted molar refractivity (Wildman–Crippen MR) is 106 cm³/mol. The molecule has 3 rings (SSSR count). The van der Waals surface area contributed by atoms with Gasteiger partial charge < -0.3 is 15.0 Å². The van der Waals surface area contributed by atoms with E-state index in [2.05, 4.69) is 5.32 Å². The Bertz CT molecular complexity index is 795. The molecular weight excluding hydrogens is 340 g/mol. The third-order valence-electron chi connectivity index (χ3n) is 4.76. The summed E-state index contributed by atoms with van der Waals surface area (Å²) in [4.78, 5) is 27.3. The van der Waals surface area contributed by atoms with Crippen LogP contribution in [-0.2, 0) is 4.79 Å². The van der Waals surface area contributed by atoms with Crippen molar-refractivity contribution >= 4 is 17.5 Å². The van der Waals surface area contributed by atoms with Gasteiger partial charge in [0.05, 0.1) is 11.3 Å². The number of nitrogens with one attached hydrogen (secondary N) is 1. The first kappa shape index (κ1) is 19.0. The fourth-order valence-electron chi connectivity index (χ4n) is 3.15. The summed E-state index contributed by atoms with van der Waals surface area (Å²) >= 11 is 0. The largest absolute Gasteiger partial charge is 0.481 e. The highest BCUT2D eigenvalue weighted by molar-refractivity contribution is 6.04. The van der Waals surface area contributed by atoms with Crippen molar-refractivity contribution in [2.45, 2.75) is 39.2 Å². The van der Waals surface area contributed by atoms with Crippen LogP contribution in [0.3, 0.4) is 0 Å². The van der Waals surface area contributed by atoms with Crippen molar-refractivity contribution in [2.75, 3.05) is 18.4 Å². The molecule has 1 fully saturated rings. The molecule has 0 aliphatic carbocycles. The number of hydrogen-bond donors (Lipinski definition) is 1. The molecule has 0 unspecified atom stereocenters. The SMILES string of the molecule is Cc1ccc(O[C@@H](C)C(=O)Nc2ccccc2C(=O)N2CCCCC2)cc1. The van der Waals surface area contributed by atoms with Gasteiger partial charge in [-0.3, -0.25) is 9.59 Å². The maximum absolute atomic E-state index is 12.8. The Morgan fingerprint density at radius 2 is 1.67 bits per heavy atom. The Kier molecular flexibility index (Phi) is 6.12. The molecule has 0 radical (unpaired) electrons. The molecule has 0 bridgehead atoms. The maximum atomic E-state index is 12.8. The summed E-state index contributed by atoms with van der Waals surface area (Å²) in [7, 11) is 0. The van der Waals surface area contributed by atoms with Gasteiger partial charge in [0.2, 0.25) is 0 Å². The number of ether oxygens (including phenoxy) is 1. The first-order valence-corrected chi connectivity index (χ1v) is 9.47. The average Bonchev–Trinajstić information content (AvgIpc) is 2.70. The number of anilines is 1. The lowest BCUT2D eigenvalue weighted by Gasteiger charge is -2.27. The van der Waals surface area contributed by atoms with Crippen LogP contribution >= 0.6 is 0 Å². The molecule has 5 nitrogen and oxygen atoms in total. The molecule has 2 amide bonds. The summed E-state index contributed by atoms with van der Waals surface area (Å²) in [6.45, 7) is 5.24. The van der Waals surface area contributed by atoms with Crippen LogP contribution in [-0.4, -0.2) is 35.9 Å². The lowest BCUT2D eigenvalue weighted by molar-refractivity contribution is -0.122. The van der Waals surface area contributed by atoms with Crippen LogP contribution < -0.4 is 10.1 Å². The van der Waals surface area contributed by atoms with Crippen LogP contribution in [0.15, 0.2) is 48.5 Å². The van der Waals surface area contributed by atoms with Gasteiger partial charge in [-0.15, -0.1) is 0 Å². The minimum Gasteiger partial charge on any atom is -0.481 e. The van der Waals surface area contributed by atoms with Crippen molar-refractivity contribution in [1.82, 2.24) is 4.90 Å². The van der Waals surface area contributed by atoms with E-state index >= 15 is 0 Å². The number of carbonyl (C=O) groups excluding carboxylic acids is 2. The Hall–Kier alpha value is -2.82. The van der Waals surface area contributed by atoms with E-state index in [1.54, 1.807) is 19.1 Å². The quantitative estimate of drug-likeness (QED) is 0.869. The summed E-state index contributed by atoms with van der Waals surface area (Å²) < 4.78 is 5.71. The van der Waals surface area contributed by atoms with E-state index in [4.69, 9.17) is 4.74 Å². The van der Waals surface area contributed by atoms with Gasteiger partial charge in [0, 0.05) is 13.1 Å². The van der Waals surface area contributed by atoms with Crippen molar-refractivity contribution < 1.29 is 14.3 Å². The number of para-hydroxylation sites is 1. The summed E-state index contributed by atoms with van der Waals surface area (Å²) in [6, 6.07) is 14.7. The zero-order valence-corrected chi connectivity index (χ0v) is 15.9. The zero-order valence-electron chi connectivity index (χ0n) is 15.9. The number of hydrogen-bond acceptors (Lipinski definition) is 3. The van der Waals surface area contributed by atoms with Gasteiger partial charge in [0.25, 0.3) is 11.8 Å². The first-order chi connectivity index (χ1) is 13.0. The molecule has 1 N–H and O–H groups in total. The predicted octanol–water partition coefficient (Wildman–Crippen LogP) is 4.03. The zero-order chi connectivity index (χ0) is 19.2. The van der Waals surface area contributed by atoms with E-state index in [0.29, 0.717) is 17.0 Å². The van der Waals surface area contributed by atoms with Gasteiger partial charge in [-0.25, -0.2) is 0 Å². The van der Waals surface area contributed by atoms with E-state index in [-0.39, 0.29) is 11.8 Å². The molecule has 1 aliphatic heterocycles. The summed E-state index contributed by atoms with van der Waals surface area (Å²) in [5, 5.41) is 2.85. The van der Waals surface area contributed by atoms with Crippen molar-refractivity contribution in [3.63, 3.8) is 0 Å². The number of rotatable bonds is 5. The topological polar surface area (TPSA) is 58.6 Å². The first-order valence-electron chi connectivity index (χ1n) is 9.47. The van der Waals surface area contributed by atoms with Crippen LogP contribution in [0.4, 0.5) is 5.69 Å². The van der Waals surface area contributed by atoms with Crippen LogP contribution in [0.25, 0.3) is 0 Å². The van der Waals surface area contributed by atoms with Gasteiger partial charge in [-0.2, -0.15) is 0 Å². The molecule has 2 aromatic rings. The van der Waals surface area contributed by atoms with Crippen molar-refractivity contribution in [3.05, 3.63) is 59.7 Å². The van der Waals surface area contributed by atoms with Gasteiger partial charge in [-0.05, 0) is 57.4 Å². The third-order valence-corrected chi connectivity index (χ3v) is 4.76. The second-order valence-electron chi connectivity index (χ2n) is 6.96. The van der Waals surface area contributed by atoms with Crippen molar-refractivity contribution in [3.8, 4) is 5.75 Å². The molecule has 5 heteroatoms. The number of carbonyl (C=O) groups is 2. The molecule has 0 spiro atoms. The van der Waals surface area contributed by atoms with Crippen LogP contribution in [0.5, 0.6) is 5.75 Å². The Morgan fingerprint density at radius 1 is 1.00 bits per heavy atom. The Balaban J connectivity index is 1.68. The Morgan fingerprint density at radius 3 is 2.37 bits per heavy atom. The fraction of sp³-hybridized carbons (Fsp3) is 0.364. The number of aryl methyl sites for hydroxylation is 1. The minimum absolute atomic E-state index is 0.0299. The molecule has 0 saturated carbocycles. The molecular formula is C22H26N2O3. The molecule has 142 valence electrons. The highest BCUT2D eigenvalue weighted by Gasteiger charge is 2.22. The number of amides is 2. The highest BCUT2D eigenvalue weighted by atomic mass is 16.5. The van der Waals surface area contributed by atoms with E-state index in [9.17, 15) is 9.59 Å². The number of likely N-dealkylation sites (tertiary alicyclic amines) is 1. The average molecular weight is 366 g/mol. The fourth-order valence-corrected chi connectivity index (χ4v) is 3.15. The molecule has 27 heavy (non-hydrogen) atoms. The third kappa shape index (κ3) is 4.88. The molecule has 1 aliphatic rings. The highest BCUT2D eigenvalue weighted by Crippen LogP contribution is 2.21. The monoisotopic (exact) mass is 366 g/mol. The lowest BCUT2D eigenvalue weighted by atomic mass is 10.1. The number of piperidine rings is 1. The summed E-state index contributed by atoms with van der Waals surface area (Å²) in [5.74, 6) is 0.327. The molecule has 1 saturated heterocycles. The minimum atomic E-state index is -0.675. The van der Waals surface area contributed by atoms with Crippen LogP contribution in [0, 0.1) is 6.92 Å². The van der Waals surface area contributed by atoms with E-state index in [1.165, 1.54) is 0 Å². The van der Waals surface area contributed by atoms with E-state index < -0.39 is 6.10 Å². The normalized spacial score (nSPS) is 15.1. The molecule has 0 aromatic heterocycles. The van der Waals surface area contributed by atoms with Crippen LogP contribution in [0.1, 0.15) is 42.1 Å². The summed E-state index contributed by atoms with van der Waals surface area (Å²) in [6.07, 6.45) is 2.55.